The van der Waals surface area contributed by atoms with Crippen LogP contribution < -0.4 is 10.6 Å². The lowest BCUT2D eigenvalue weighted by molar-refractivity contribution is 1.19. The van der Waals surface area contributed by atoms with Gasteiger partial charge in [-0.2, -0.15) is 0 Å². The van der Waals surface area contributed by atoms with Crippen LogP contribution in [0.25, 0.3) is 10.9 Å². The van der Waals surface area contributed by atoms with Gasteiger partial charge >= 0.3 is 0 Å². The third-order valence-corrected chi connectivity index (χ3v) is 3.85. The zero-order chi connectivity index (χ0) is 15.0. The number of fused-ring (bicyclic) bond motifs is 1. The Bertz CT molecular complexity index is 809. The smallest absolute Gasteiger partial charge is 0.0952 e. The second-order valence-electron chi connectivity index (χ2n) is 5.42. The third kappa shape index (κ3) is 2.31. The molecule has 3 aromatic rings. The summed E-state index contributed by atoms with van der Waals surface area (Å²) in [4.78, 5) is 6.60. The highest BCUT2D eigenvalue weighted by molar-refractivity contribution is 6.00. The van der Waals surface area contributed by atoms with E-state index in [0.717, 1.165) is 16.6 Å². The molecule has 2 N–H and O–H groups in total. The average molecular weight is 277 g/mol. The van der Waals surface area contributed by atoms with E-state index in [1.807, 2.05) is 12.1 Å². The first-order valence-corrected chi connectivity index (χ1v) is 7.02. The SMILES string of the molecule is Cc1ccc(N(C)c2ccc(N)c3ncccc23)c(C)c1. The van der Waals surface area contributed by atoms with Crippen LogP contribution in [0.1, 0.15) is 11.1 Å². The Balaban J connectivity index is 2.18. The van der Waals surface area contributed by atoms with E-state index in [0.29, 0.717) is 5.69 Å². The molecule has 1 heterocycles. The Labute approximate surface area is 125 Å². The summed E-state index contributed by atoms with van der Waals surface area (Å²) in [6.45, 7) is 4.25. The highest BCUT2D eigenvalue weighted by Crippen LogP contribution is 2.34. The minimum absolute atomic E-state index is 0.711. The molecule has 3 heteroatoms. The zero-order valence-corrected chi connectivity index (χ0v) is 12.6. The minimum Gasteiger partial charge on any atom is -0.397 e. The normalized spacial score (nSPS) is 10.8. The molecule has 106 valence electrons. The third-order valence-electron chi connectivity index (χ3n) is 3.85. The van der Waals surface area contributed by atoms with Crippen molar-refractivity contribution < 1.29 is 0 Å². The Morgan fingerprint density at radius 1 is 1.00 bits per heavy atom. The topological polar surface area (TPSA) is 42.1 Å². The van der Waals surface area contributed by atoms with Gasteiger partial charge in [0.25, 0.3) is 0 Å². The number of rotatable bonds is 2. The van der Waals surface area contributed by atoms with E-state index in [9.17, 15) is 0 Å². The fourth-order valence-corrected chi connectivity index (χ4v) is 2.78. The number of nitrogen functional groups attached to an aromatic ring is 1. The summed E-state index contributed by atoms with van der Waals surface area (Å²) in [6.07, 6.45) is 1.78. The highest BCUT2D eigenvalue weighted by atomic mass is 15.1. The number of nitrogens with two attached hydrogens (primary N) is 1. The van der Waals surface area contributed by atoms with Gasteiger partial charge in [0.1, 0.15) is 0 Å². The number of aromatic nitrogens is 1. The second-order valence-corrected chi connectivity index (χ2v) is 5.42. The molecule has 0 saturated heterocycles. The number of anilines is 3. The van der Waals surface area contributed by atoms with Crippen molar-refractivity contribution in [3.05, 3.63) is 59.8 Å². The molecule has 0 aliphatic rings. The van der Waals surface area contributed by atoms with E-state index in [2.05, 4.69) is 61.1 Å². The van der Waals surface area contributed by atoms with E-state index in [-0.39, 0.29) is 0 Å². The van der Waals surface area contributed by atoms with Crippen LogP contribution in [0, 0.1) is 13.8 Å². The van der Waals surface area contributed by atoms with Crippen LogP contribution in [0.3, 0.4) is 0 Å². The van der Waals surface area contributed by atoms with Crippen LogP contribution >= 0.6 is 0 Å². The van der Waals surface area contributed by atoms with Crippen molar-refractivity contribution in [2.75, 3.05) is 17.7 Å². The molecule has 0 bridgehead atoms. The molecule has 0 saturated carbocycles. The predicted molar refractivity (Wildman–Crippen MR) is 90.1 cm³/mol. The monoisotopic (exact) mass is 277 g/mol. The number of benzene rings is 2. The first-order valence-electron chi connectivity index (χ1n) is 7.02. The van der Waals surface area contributed by atoms with E-state index in [1.165, 1.54) is 16.8 Å². The maximum absolute atomic E-state index is 6.03. The fraction of sp³-hybridized carbons (Fsp3) is 0.167. The maximum atomic E-state index is 6.03. The van der Waals surface area contributed by atoms with Gasteiger partial charge in [-0.15, -0.1) is 0 Å². The molecule has 0 atom stereocenters. The standard InChI is InChI=1S/C18H19N3/c1-12-6-8-16(13(2)11-12)21(3)17-9-7-15(19)18-14(17)5-4-10-20-18/h4-11H,19H2,1-3H3. The van der Waals surface area contributed by atoms with E-state index < -0.39 is 0 Å². The number of hydrogen-bond donors (Lipinski definition) is 1. The first-order chi connectivity index (χ1) is 10.1. The van der Waals surface area contributed by atoms with Gasteiger partial charge in [0.2, 0.25) is 0 Å². The Morgan fingerprint density at radius 3 is 2.52 bits per heavy atom. The summed E-state index contributed by atoms with van der Waals surface area (Å²) < 4.78 is 0. The zero-order valence-electron chi connectivity index (χ0n) is 12.6. The molecule has 3 rings (SSSR count). The van der Waals surface area contributed by atoms with Crippen LogP contribution in [-0.4, -0.2) is 12.0 Å². The van der Waals surface area contributed by atoms with Gasteiger partial charge in [-0.3, -0.25) is 4.98 Å². The molecular formula is C18H19N3. The van der Waals surface area contributed by atoms with Gasteiger partial charge in [0.15, 0.2) is 0 Å². The molecule has 2 aromatic carbocycles. The molecule has 0 unspecified atom stereocenters. The predicted octanol–water partition coefficient (Wildman–Crippen LogP) is 4.20. The largest absolute Gasteiger partial charge is 0.397 e. The van der Waals surface area contributed by atoms with Crippen molar-refractivity contribution in [3.8, 4) is 0 Å². The lowest BCUT2D eigenvalue weighted by Gasteiger charge is -2.23. The summed E-state index contributed by atoms with van der Waals surface area (Å²) in [5.74, 6) is 0. The highest BCUT2D eigenvalue weighted by Gasteiger charge is 2.12. The molecule has 21 heavy (non-hydrogen) atoms. The van der Waals surface area contributed by atoms with E-state index >= 15 is 0 Å². The molecule has 3 nitrogen and oxygen atoms in total. The summed E-state index contributed by atoms with van der Waals surface area (Å²) in [5, 5.41) is 1.07. The van der Waals surface area contributed by atoms with Crippen LogP contribution in [0.5, 0.6) is 0 Å². The molecule has 0 aliphatic carbocycles. The Hall–Kier alpha value is -2.55. The summed E-state index contributed by atoms with van der Waals surface area (Å²) >= 11 is 0. The molecule has 1 aromatic heterocycles. The van der Waals surface area contributed by atoms with Crippen molar-refractivity contribution in [2.45, 2.75) is 13.8 Å². The lowest BCUT2D eigenvalue weighted by atomic mass is 10.1. The molecule has 0 aliphatic heterocycles. The summed E-state index contributed by atoms with van der Waals surface area (Å²) in [7, 11) is 2.08. The molecule has 0 spiro atoms. The molecule has 0 fully saturated rings. The van der Waals surface area contributed by atoms with Crippen LogP contribution in [0.4, 0.5) is 17.1 Å². The fourth-order valence-electron chi connectivity index (χ4n) is 2.78. The van der Waals surface area contributed by atoms with Gasteiger partial charge in [-0.25, -0.2) is 0 Å². The van der Waals surface area contributed by atoms with Crippen LogP contribution in [0.15, 0.2) is 48.7 Å². The van der Waals surface area contributed by atoms with Gasteiger partial charge < -0.3 is 10.6 Å². The number of hydrogen-bond acceptors (Lipinski definition) is 3. The second kappa shape index (κ2) is 5.09. The Morgan fingerprint density at radius 2 is 1.76 bits per heavy atom. The molecule has 0 amide bonds. The maximum Gasteiger partial charge on any atom is 0.0952 e. The lowest BCUT2D eigenvalue weighted by Crippen LogP contribution is -2.12. The van der Waals surface area contributed by atoms with Gasteiger partial charge in [0.05, 0.1) is 16.9 Å². The van der Waals surface area contributed by atoms with Crippen molar-refractivity contribution in [1.29, 1.82) is 0 Å². The van der Waals surface area contributed by atoms with Crippen molar-refractivity contribution in [1.82, 2.24) is 4.98 Å². The van der Waals surface area contributed by atoms with Crippen molar-refractivity contribution >= 4 is 28.0 Å². The Kier molecular flexibility index (Phi) is 3.26. The van der Waals surface area contributed by atoms with Crippen LogP contribution in [0.2, 0.25) is 0 Å². The van der Waals surface area contributed by atoms with Gasteiger partial charge in [-0.1, -0.05) is 17.7 Å². The summed E-state index contributed by atoms with van der Waals surface area (Å²) in [5.41, 5.74) is 12.4. The van der Waals surface area contributed by atoms with E-state index in [4.69, 9.17) is 5.73 Å². The number of nitrogens with zero attached hydrogens (tertiary/aromatic N) is 2. The average Bonchev–Trinajstić information content (AvgIpc) is 2.47. The molecular weight excluding hydrogens is 258 g/mol. The number of aryl methyl sites for hydroxylation is 2. The minimum atomic E-state index is 0.711. The van der Waals surface area contributed by atoms with Gasteiger partial charge in [-0.05, 0) is 49.7 Å². The van der Waals surface area contributed by atoms with Crippen molar-refractivity contribution in [2.24, 2.45) is 0 Å². The van der Waals surface area contributed by atoms with E-state index in [1.54, 1.807) is 6.20 Å². The first kappa shape index (κ1) is 13.4. The number of pyridine rings is 1. The molecule has 0 radical (unpaired) electrons. The van der Waals surface area contributed by atoms with Crippen LogP contribution in [-0.2, 0) is 0 Å². The quantitative estimate of drug-likeness (QED) is 0.714. The van der Waals surface area contributed by atoms with Gasteiger partial charge in [0, 0.05) is 24.3 Å². The summed E-state index contributed by atoms with van der Waals surface area (Å²) in [6, 6.07) is 14.5. The van der Waals surface area contributed by atoms with Crippen molar-refractivity contribution in [3.63, 3.8) is 0 Å².